The fourth-order valence-electron chi connectivity index (χ4n) is 3.24. The van der Waals surface area contributed by atoms with E-state index in [1.165, 1.54) is 24.9 Å². The van der Waals surface area contributed by atoms with Crippen molar-refractivity contribution in [2.45, 2.75) is 44.3 Å². The number of hydrogen-bond donors (Lipinski definition) is 2. The minimum atomic E-state index is -3.04. The van der Waals surface area contributed by atoms with E-state index < -0.39 is 10.0 Å². The molecular weight excluding hydrogens is 344 g/mol. The lowest BCUT2D eigenvalue weighted by Gasteiger charge is -2.30. The van der Waals surface area contributed by atoms with E-state index in [0.29, 0.717) is 19.0 Å². The number of sulfonamides is 1. The summed E-state index contributed by atoms with van der Waals surface area (Å²) >= 11 is 2.03. The van der Waals surface area contributed by atoms with E-state index in [0.717, 1.165) is 38.4 Å². The van der Waals surface area contributed by atoms with Gasteiger partial charge in [0.15, 0.2) is 5.96 Å². The Labute approximate surface area is 151 Å². The highest BCUT2D eigenvalue weighted by molar-refractivity contribution is 8.00. The summed E-state index contributed by atoms with van der Waals surface area (Å²) in [6.45, 7) is 8.20. The molecule has 2 fully saturated rings. The van der Waals surface area contributed by atoms with E-state index in [2.05, 4.69) is 24.5 Å². The zero-order chi connectivity index (χ0) is 17.6. The smallest absolute Gasteiger partial charge is 0.211 e. The molecule has 2 heterocycles. The molecule has 0 aromatic carbocycles. The molecule has 140 valence electrons. The van der Waals surface area contributed by atoms with Crippen LogP contribution in [0.15, 0.2) is 4.99 Å². The van der Waals surface area contributed by atoms with Gasteiger partial charge in [0, 0.05) is 30.9 Å². The molecule has 1 unspecified atom stereocenters. The third-order valence-electron chi connectivity index (χ3n) is 4.82. The number of nitrogens with zero attached hydrogens (tertiary/aromatic N) is 2. The number of hydrogen-bond acceptors (Lipinski definition) is 4. The topological polar surface area (TPSA) is 73.8 Å². The second-order valence-corrected chi connectivity index (χ2v) is 10.7. The molecule has 0 saturated carbocycles. The molecule has 6 nitrogen and oxygen atoms in total. The van der Waals surface area contributed by atoms with E-state index in [4.69, 9.17) is 4.99 Å². The van der Waals surface area contributed by atoms with Gasteiger partial charge in [-0.15, -0.1) is 0 Å². The van der Waals surface area contributed by atoms with Gasteiger partial charge in [-0.2, -0.15) is 11.8 Å². The molecule has 8 heteroatoms. The van der Waals surface area contributed by atoms with Crippen molar-refractivity contribution in [2.75, 3.05) is 44.7 Å². The summed E-state index contributed by atoms with van der Waals surface area (Å²) in [6.07, 6.45) is 5.65. The van der Waals surface area contributed by atoms with Crippen LogP contribution >= 0.6 is 11.8 Å². The highest BCUT2D eigenvalue weighted by Crippen LogP contribution is 2.37. The molecule has 2 aliphatic rings. The average Bonchev–Trinajstić information content (AvgIpc) is 2.97. The summed E-state index contributed by atoms with van der Waals surface area (Å²) < 4.78 is 25.0. The minimum absolute atomic E-state index is 0.281. The summed E-state index contributed by atoms with van der Waals surface area (Å²) in [7, 11) is -3.04. The Morgan fingerprint density at radius 3 is 2.58 bits per heavy atom. The molecule has 2 rings (SSSR count). The molecule has 2 saturated heterocycles. The predicted octanol–water partition coefficient (Wildman–Crippen LogP) is 1.50. The third-order valence-corrected chi connectivity index (χ3v) is 7.64. The van der Waals surface area contributed by atoms with Crippen LogP contribution in [0.5, 0.6) is 0 Å². The lowest BCUT2D eigenvalue weighted by atomic mass is 9.98. The summed E-state index contributed by atoms with van der Waals surface area (Å²) in [6, 6.07) is 0. The van der Waals surface area contributed by atoms with Gasteiger partial charge in [0.2, 0.25) is 10.0 Å². The first-order chi connectivity index (χ1) is 11.3. The van der Waals surface area contributed by atoms with Gasteiger partial charge in [0.05, 0.1) is 12.8 Å². The molecule has 0 radical (unpaired) electrons. The van der Waals surface area contributed by atoms with Crippen molar-refractivity contribution in [3.05, 3.63) is 0 Å². The van der Waals surface area contributed by atoms with E-state index >= 15 is 0 Å². The molecule has 2 N–H and O–H groups in total. The van der Waals surface area contributed by atoms with Crippen molar-refractivity contribution in [1.82, 2.24) is 14.9 Å². The second kappa shape index (κ2) is 8.76. The van der Waals surface area contributed by atoms with Crippen molar-refractivity contribution in [2.24, 2.45) is 10.9 Å². The number of aliphatic imine (C=N–C) groups is 1. The van der Waals surface area contributed by atoms with Crippen LogP contribution in [0.25, 0.3) is 0 Å². The second-order valence-electron chi connectivity index (χ2n) is 7.08. The Kier molecular flexibility index (Phi) is 7.24. The SMILES string of the molecule is CCNC(=NCC1(C)CCCS1)NCC1CCN(S(C)(=O)=O)CC1. The zero-order valence-corrected chi connectivity index (χ0v) is 16.8. The molecule has 0 aromatic rings. The first kappa shape index (κ1) is 19.8. The van der Waals surface area contributed by atoms with Gasteiger partial charge in [-0.25, -0.2) is 12.7 Å². The van der Waals surface area contributed by atoms with Crippen molar-refractivity contribution < 1.29 is 8.42 Å². The molecule has 2 aliphatic heterocycles. The fourth-order valence-corrected chi connectivity index (χ4v) is 5.34. The summed E-state index contributed by atoms with van der Waals surface area (Å²) in [4.78, 5) is 4.77. The summed E-state index contributed by atoms with van der Waals surface area (Å²) in [5.74, 6) is 2.63. The van der Waals surface area contributed by atoms with Gasteiger partial charge in [-0.3, -0.25) is 4.99 Å². The van der Waals surface area contributed by atoms with Crippen LogP contribution in [0.2, 0.25) is 0 Å². The fraction of sp³-hybridized carbons (Fsp3) is 0.938. The molecule has 1 atom stereocenters. The van der Waals surface area contributed by atoms with Gasteiger partial charge >= 0.3 is 0 Å². The van der Waals surface area contributed by atoms with Gasteiger partial charge < -0.3 is 10.6 Å². The lowest BCUT2D eigenvalue weighted by molar-refractivity contribution is 0.275. The zero-order valence-electron chi connectivity index (χ0n) is 15.2. The van der Waals surface area contributed by atoms with Crippen LogP contribution in [-0.2, 0) is 10.0 Å². The Bertz CT molecular complexity index is 522. The average molecular weight is 377 g/mol. The van der Waals surface area contributed by atoms with E-state index in [-0.39, 0.29) is 4.75 Å². The highest BCUT2D eigenvalue weighted by Gasteiger charge is 2.29. The summed E-state index contributed by atoms with van der Waals surface area (Å²) in [5, 5.41) is 6.77. The Balaban J connectivity index is 1.79. The molecule has 0 bridgehead atoms. The molecular formula is C16H32N4O2S2. The standard InChI is InChI=1S/C16H32N4O2S2/c1-4-17-15(19-13-16(2)8-5-11-23-16)18-12-14-6-9-20(10-7-14)24(3,21)22/h14H,4-13H2,1-3H3,(H2,17,18,19). The van der Waals surface area contributed by atoms with E-state index in [1.54, 1.807) is 4.31 Å². The van der Waals surface area contributed by atoms with Gasteiger partial charge in [0.25, 0.3) is 0 Å². The molecule has 0 spiro atoms. The quantitative estimate of drug-likeness (QED) is 0.543. The number of nitrogens with one attached hydrogen (secondary N) is 2. The molecule has 0 amide bonds. The first-order valence-corrected chi connectivity index (χ1v) is 11.8. The molecule has 0 aliphatic carbocycles. The van der Waals surface area contributed by atoms with Crippen LogP contribution in [0, 0.1) is 5.92 Å². The minimum Gasteiger partial charge on any atom is -0.357 e. The molecule has 24 heavy (non-hydrogen) atoms. The van der Waals surface area contributed by atoms with E-state index in [9.17, 15) is 8.42 Å². The normalized spacial score (nSPS) is 27.4. The van der Waals surface area contributed by atoms with Crippen LogP contribution in [-0.4, -0.2) is 68.2 Å². The Morgan fingerprint density at radius 1 is 1.33 bits per heavy atom. The largest absolute Gasteiger partial charge is 0.357 e. The molecule has 0 aromatic heterocycles. The highest BCUT2D eigenvalue weighted by atomic mass is 32.2. The number of piperidine rings is 1. The maximum absolute atomic E-state index is 11.6. The Hall–Kier alpha value is -0.470. The van der Waals surface area contributed by atoms with Gasteiger partial charge in [0.1, 0.15) is 0 Å². The van der Waals surface area contributed by atoms with Gasteiger partial charge in [-0.05, 0) is 51.2 Å². The van der Waals surface area contributed by atoms with Crippen molar-refractivity contribution in [1.29, 1.82) is 0 Å². The van der Waals surface area contributed by atoms with Crippen LogP contribution in [0.3, 0.4) is 0 Å². The maximum atomic E-state index is 11.6. The monoisotopic (exact) mass is 376 g/mol. The van der Waals surface area contributed by atoms with Crippen LogP contribution < -0.4 is 10.6 Å². The van der Waals surface area contributed by atoms with Gasteiger partial charge in [-0.1, -0.05) is 0 Å². The van der Waals surface area contributed by atoms with Crippen molar-refractivity contribution >= 4 is 27.7 Å². The third kappa shape index (κ3) is 6.11. The van der Waals surface area contributed by atoms with Crippen molar-refractivity contribution in [3.63, 3.8) is 0 Å². The van der Waals surface area contributed by atoms with Crippen molar-refractivity contribution in [3.8, 4) is 0 Å². The van der Waals surface area contributed by atoms with Crippen LogP contribution in [0.4, 0.5) is 0 Å². The Morgan fingerprint density at radius 2 is 2.04 bits per heavy atom. The number of rotatable bonds is 6. The first-order valence-electron chi connectivity index (χ1n) is 8.94. The van der Waals surface area contributed by atoms with E-state index in [1.807, 2.05) is 11.8 Å². The van der Waals surface area contributed by atoms with Crippen LogP contribution in [0.1, 0.15) is 39.5 Å². The lowest BCUT2D eigenvalue weighted by Crippen LogP contribution is -2.44. The number of guanidine groups is 1. The summed E-state index contributed by atoms with van der Waals surface area (Å²) in [5.41, 5.74) is 0. The number of thioether (sulfide) groups is 1. The predicted molar refractivity (Wildman–Crippen MR) is 103 cm³/mol. The maximum Gasteiger partial charge on any atom is 0.211 e.